The highest BCUT2D eigenvalue weighted by molar-refractivity contribution is 5.60. The number of hydrogen-bond acceptors (Lipinski definition) is 3. The Balaban J connectivity index is 1.32. The van der Waals surface area contributed by atoms with Gasteiger partial charge in [-0.15, -0.1) is 0 Å². The highest BCUT2D eigenvalue weighted by Crippen LogP contribution is 2.31. The maximum absolute atomic E-state index is 12.7. The molecule has 1 fully saturated rings. The third kappa shape index (κ3) is 5.23. The molecule has 1 saturated heterocycles. The average molecular weight is 425 g/mol. The van der Waals surface area contributed by atoms with E-state index in [9.17, 15) is 18.0 Å². The van der Waals surface area contributed by atoms with Crippen LogP contribution in [0.5, 0.6) is 0 Å². The molecular weight excluding hydrogens is 403 g/mol. The summed E-state index contributed by atoms with van der Waals surface area (Å²) in [6, 6.07) is 12.5. The Morgan fingerprint density at radius 1 is 1.00 bits per heavy atom. The normalized spacial score (nSPS) is 15.5. The highest BCUT2D eigenvalue weighted by atomic mass is 19.4. The Labute approximate surface area is 178 Å². The number of pyridine rings is 2. The van der Waals surface area contributed by atoms with Gasteiger partial charge in [0.1, 0.15) is 0 Å². The molecule has 3 aromatic rings. The molecule has 0 unspecified atom stereocenters. The zero-order chi connectivity index (χ0) is 21.8. The van der Waals surface area contributed by atoms with Gasteiger partial charge in [0.25, 0.3) is 0 Å². The van der Waals surface area contributed by atoms with Gasteiger partial charge in [-0.3, -0.25) is 9.78 Å². The fourth-order valence-corrected chi connectivity index (χ4v) is 3.70. The predicted octanol–water partition coefficient (Wildman–Crippen LogP) is 5.39. The number of nitrogens with zero attached hydrogens (tertiary/aromatic N) is 2. The zero-order valence-corrected chi connectivity index (χ0v) is 16.8. The fraction of sp³-hybridized carbons (Fsp3) is 0.250. The van der Waals surface area contributed by atoms with Crippen molar-refractivity contribution in [3.63, 3.8) is 0 Å². The molecule has 2 aromatic heterocycles. The van der Waals surface area contributed by atoms with Crippen molar-refractivity contribution in [2.45, 2.75) is 19.0 Å². The van der Waals surface area contributed by atoms with Gasteiger partial charge in [-0.25, -0.2) is 0 Å². The number of alkyl halides is 3. The van der Waals surface area contributed by atoms with Crippen molar-refractivity contribution in [1.29, 1.82) is 0 Å². The Morgan fingerprint density at radius 3 is 2.32 bits per heavy atom. The minimum absolute atomic E-state index is 0.146. The quantitative estimate of drug-likeness (QED) is 0.610. The summed E-state index contributed by atoms with van der Waals surface area (Å²) in [5, 5.41) is 0. The van der Waals surface area contributed by atoms with Crippen LogP contribution in [0.2, 0.25) is 0 Å². The fourth-order valence-electron chi connectivity index (χ4n) is 3.70. The van der Waals surface area contributed by atoms with Gasteiger partial charge in [-0.05, 0) is 60.7 Å². The van der Waals surface area contributed by atoms with E-state index in [0.717, 1.165) is 60.6 Å². The largest absolute Gasteiger partial charge is 0.416 e. The topological polar surface area (TPSA) is 49.0 Å². The first-order valence-corrected chi connectivity index (χ1v) is 10.1. The molecule has 0 saturated carbocycles. The smallest absolute Gasteiger partial charge is 0.371 e. The summed E-state index contributed by atoms with van der Waals surface area (Å²) in [6.07, 6.45) is 5.27. The van der Waals surface area contributed by atoms with Gasteiger partial charge in [-0.2, -0.15) is 13.2 Å². The summed E-state index contributed by atoms with van der Waals surface area (Å²) >= 11 is 0. The minimum atomic E-state index is -4.30. The summed E-state index contributed by atoms with van der Waals surface area (Å²) in [5.74, 6) is 0.421. The van der Waals surface area contributed by atoms with E-state index in [1.165, 1.54) is 6.07 Å². The standard InChI is InChI=1S/C24H22F3N3O/c25-24(26,27)20-5-7-21(8-6-20)30-13-11-17(12-14-30)1-2-18-3-9-22(28-15-18)19-4-10-23(31)29-16-19/h1-10,15-17H,11-14H2,(H,29,31). The van der Waals surface area contributed by atoms with E-state index in [4.69, 9.17) is 0 Å². The van der Waals surface area contributed by atoms with Gasteiger partial charge in [0, 0.05) is 42.8 Å². The van der Waals surface area contributed by atoms with Crippen molar-refractivity contribution in [3.05, 3.63) is 88.5 Å². The molecule has 0 amide bonds. The SMILES string of the molecule is O=c1ccc(-c2ccc(C=CC3CCN(c4ccc(C(F)(F)F)cc4)CC3)cn2)c[nH]1. The molecule has 31 heavy (non-hydrogen) atoms. The van der Waals surface area contributed by atoms with Gasteiger partial charge < -0.3 is 9.88 Å². The molecule has 160 valence electrons. The van der Waals surface area contributed by atoms with Crippen molar-refractivity contribution in [1.82, 2.24) is 9.97 Å². The van der Waals surface area contributed by atoms with Crippen LogP contribution in [0.25, 0.3) is 17.3 Å². The van der Waals surface area contributed by atoms with E-state index >= 15 is 0 Å². The van der Waals surface area contributed by atoms with Crippen LogP contribution in [0.1, 0.15) is 24.0 Å². The van der Waals surface area contributed by atoms with Crippen molar-refractivity contribution in [3.8, 4) is 11.3 Å². The van der Waals surface area contributed by atoms with Crippen molar-refractivity contribution in [2.75, 3.05) is 18.0 Å². The van der Waals surface area contributed by atoms with Crippen LogP contribution >= 0.6 is 0 Å². The van der Waals surface area contributed by atoms with E-state index in [1.807, 2.05) is 12.1 Å². The molecule has 1 N–H and O–H groups in total. The Kier molecular flexibility index (Phi) is 5.93. The van der Waals surface area contributed by atoms with Crippen LogP contribution in [0.15, 0.2) is 71.8 Å². The molecule has 0 spiro atoms. The number of aromatic amines is 1. The first kappa shape index (κ1) is 20.9. The van der Waals surface area contributed by atoms with E-state index in [1.54, 1.807) is 30.6 Å². The second kappa shape index (κ2) is 8.79. The van der Waals surface area contributed by atoms with Crippen LogP contribution < -0.4 is 10.5 Å². The number of anilines is 1. The molecule has 4 rings (SSSR count). The molecule has 0 radical (unpaired) electrons. The number of piperidine rings is 1. The van der Waals surface area contributed by atoms with E-state index < -0.39 is 11.7 Å². The van der Waals surface area contributed by atoms with Crippen molar-refractivity contribution >= 4 is 11.8 Å². The number of aromatic nitrogens is 2. The number of halogens is 3. The first-order chi connectivity index (χ1) is 14.9. The Hall–Kier alpha value is -3.35. The second-order valence-corrected chi connectivity index (χ2v) is 7.65. The lowest BCUT2D eigenvalue weighted by molar-refractivity contribution is -0.137. The lowest BCUT2D eigenvalue weighted by Gasteiger charge is -2.32. The maximum atomic E-state index is 12.7. The monoisotopic (exact) mass is 425 g/mol. The van der Waals surface area contributed by atoms with E-state index in [2.05, 4.69) is 27.0 Å². The summed E-state index contributed by atoms with van der Waals surface area (Å²) in [7, 11) is 0. The number of hydrogen-bond donors (Lipinski definition) is 1. The third-order valence-electron chi connectivity index (χ3n) is 5.53. The molecule has 0 atom stereocenters. The molecule has 3 heterocycles. The molecule has 1 aliphatic rings. The van der Waals surface area contributed by atoms with Crippen molar-refractivity contribution < 1.29 is 13.2 Å². The number of nitrogens with one attached hydrogen (secondary N) is 1. The molecular formula is C24H22F3N3O. The zero-order valence-electron chi connectivity index (χ0n) is 16.8. The van der Waals surface area contributed by atoms with Crippen LogP contribution in [0.3, 0.4) is 0 Å². The van der Waals surface area contributed by atoms with Gasteiger partial charge in [0.2, 0.25) is 5.56 Å². The molecule has 4 nitrogen and oxygen atoms in total. The van der Waals surface area contributed by atoms with Gasteiger partial charge in [-0.1, -0.05) is 18.2 Å². The second-order valence-electron chi connectivity index (χ2n) is 7.65. The summed E-state index contributed by atoms with van der Waals surface area (Å²) in [4.78, 5) is 20.4. The van der Waals surface area contributed by atoms with Gasteiger partial charge in [0.05, 0.1) is 11.3 Å². The van der Waals surface area contributed by atoms with Crippen LogP contribution in [0.4, 0.5) is 18.9 Å². The van der Waals surface area contributed by atoms with Gasteiger partial charge >= 0.3 is 6.18 Å². The molecule has 1 aliphatic heterocycles. The van der Waals surface area contributed by atoms with Crippen molar-refractivity contribution in [2.24, 2.45) is 5.92 Å². The molecule has 1 aromatic carbocycles. The third-order valence-corrected chi connectivity index (χ3v) is 5.53. The average Bonchev–Trinajstić information content (AvgIpc) is 2.78. The number of rotatable bonds is 4. The number of benzene rings is 1. The minimum Gasteiger partial charge on any atom is -0.371 e. The van der Waals surface area contributed by atoms with E-state index in [-0.39, 0.29) is 5.56 Å². The lowest BCUT2D eigenvalue weighted by atomic mass is 9.95. The Morgan fingerprint density at radius 2 is 1.74 bits per heavy atom. The van der Waals surface area contributed by atoms with Gasteiger partial charge in [0.15, 0.2) is 0 Å². The molecule has 0 bridgehead atoms. The number of allylic oxidation sites excluding steroid dienone is 1. The van der Waals surface area contributed by atoms with Crippen LogP contribution in [-0.4, -0.2) is 23.1 Å². The highest BCUT2D eigenvalue weighted by Gasteiger charge is 2.30. The maximum Gasteiger partial charge on any atom is 0.416 e. The Bertz CT molecular complexity index is 1070. The number of H-pyrrole nitrogens is 1. The summed E-state index contributed by atoms with van der Waals surface area (Å²) in [6.45, 7) is 1.62. The van der Waals surface area contributed by atoms with Crippen LogP contribution in [0, 0.1) is 5.92 Å². The first-order valence-electron chi connectivity index (χ1n) is 10.1. The molecule has 7 heteroatoms. The van der Waals surface area contributed by atoms with E-state index in [0.29, 0.717) is 5.92 Å². The summed E-state index contributed by atoms with van der Waals surface area (Å²) < 4.78 is 38.2. The molecule has 0 aliphatic carbocycles. The van der Waals surface area contributed by atoms with Crippen LogP contribution in [-0.2, 0) is 6.18 Å². The summed E-state index contributed by atoms with van der Waals surface area (Å²) in [5.41, 5.74) is 2.71. The lowest BCUT2D eigenvalue weighted by Crippen LogP contribution is -2.33. The predicted molar refractivity (Wildman–Crippen MR) is 116 cm³/mol.